The van der Waals surface area contributed by atoms with E-state index in [0.29, 0.717) is 25.2 Å². The predicted octanol–water partition coefficient (Wildman–Crippen LogP) is 3.19. The second-order valence-corrected chi connectivity index (χ2v) is 10.2. The van der Waals surface area contributed by atoms with E-state index in [1.807, 2.05) is 17.5 Å². The molecule has 0 saturated carbocycles. The number of hydrogen-bond acceptors (Lipinski definition) is 6. The first-order chi connectivity index (χ1) is 14.9. The lowest BCUT2D eigenvalue weighted by Gasteiger charge is -2.19. The third kappa shape index (κ3) is 7.02. The zero-order valence-corrected chi connectivity index (χ0v) is 18.8. The van der Waals surface area contributed by atoms with Crippen LogP contribution >= 0.6 is 11.3 Å². The fraction of sp³-hybridized carbons (Fsp3) is 0.364. The number of carbonyl (C=O) groups excluding carboxylic acids is 2. The van der Waals surface area contributed by atoms with Crippen molar-refractivity contribution in [2.45, 2.75) is 37.1 Å². The second kappa shape index (κ2) is 11.2. The molecule has 0 unspecified atom stereocenters. The van der Waals surface area contributed by atoms with Crippen molar-refractivity contribution in [2.75, 3.05) is 19.7 Å². The fourth-order valence-electron chi connectivity index (χ4n) is 3.18. The molecule has 1 aromatic carbocycles. The van der Waals surface area contributed by atoms with Gasteiger partial charge in [0.05, 0.1) is 11.4 Å². The van der Waals surface area contributed by atoms with E-state index in [1.54, 1.807) is 28.6 Å². The van der Waals surface area contributed by atoms with Crippen LogP contribution in [0.3, 0.4) is 0 Å². The Bertz CT molecular complexity index is 991. The minimum absolute atomic E-state index is 0.247. The van der Waals surface area contributed by atoms with Crippen molar-refractivity contribution in [3.63, 3.8) is 0 Å². The number of thiophene rings is 1. The lowest BCUT2D eigenvalue weighted by molar-refractivity contribution is -0.143. The van der Waals surface area contributed by atoms with Crippen molar-refractivity contribution in [3.8, 4) is 0 Å². The summed E-state index contributed by atoms with van der Waals surface area (Å²) in [4.78, 5) is 24.8. The average molecular weight is 463 g/mol. The van der Waals surface area contributed by atoms with Gasteiger partial charge in [0.15, 0.2) is 6.61 Å². The minimum Gasteiger partial charge on any atom is -0.452 e. The molecule has 7 nitrogen and oxygen atoms in total. The summed E-state index contributed by atoms with van der Waals surface area (Å²) < 4.78 is 32.1. The molecular formula is C22H26N2O5S2. The zero-order chi connectivity index (χ0) is 22.1. The number of esters is 1. The molecule has 3 rings (SSSR count). The Kier molecular flexibility index (Phi) is 8.39. The van der Waals surface area contributed by atoms with E-state index in [9.17, 15) is 18.0 Å². The summed E-state index contributed by atoms with van der Waals surface area (Å²) in [6.45, 7) is 1.14. The normalized spacial score (nSPS) is 15.5. The summed E-state index contributed by atoms with van der Waals surface area (Å²) >= 11 is 1.53. The van der Waals surface area contributed by atoms with Gasteiger partial charge in [-0.3, -0.25) is 4.79 Å². The van der Waals surface area contributed by atoms with Gasteiger partial charge in [-0.15, -0.1) is 11.3 Å². The van der Waals surface area contributed by atoms with E-state index in [4.69, 9.17) is 4.74 Å². The molecule has 166 valence electrons. The third-order valence-electron chi connectivity index (χ3n) is 4.88. The van der Waals surface area contributed by atoms with E-state index in [2.05, 4.69) is 5.32 Å². The standard InChI is InChI=1S/C22H26N2O5S2/c25-21(23-16-19-6-5-15-30-19)17-29-22(26)12-9-18-7-10-20(11-8-18)31(27,28)24-13-3-1-2-4-14-24/h5-12,15H,1-4,13-14,16-17H2,(H,23,25). The fourth-order valence-corrected chi connectivity index (χ4v) is 5.34. The van der Waals surface area contributed by atoms with Crippen molar-refractivity contribution in [2.24, 2.45) is 0 Å². The first-order valence-electron chi connectivity index (χ1n) is 10.2. The average Bonchev–Trinajstić information content (AvgIpc) is 3.14. The Balaban J connectivity index is 1.48. The monoisotopic (exact) mass is 462 g/mol. The Morgan fingerprint density at radius 2 is 1.77 bits per heavy atom. The van der Waals surface area contributed by atoms with Gasteiger partial charge >= 0.3 is 5.97 Å². The van der Waals surface area contributed by atoms with Gasteiger partial charge in [0, 0.05) is 24.0 Å². The van der Waals surface area contributed by atoms with Crippen molar-refractivity contribution >= 4 is 39.3 Å². The van der Waals surface area contributed by atoms with Crippen LogP contribution in [0.15, 0.2) is 52.7 Å². The lowest BCUT2D eigenvalue weighted by Crippen LogP contribution is -2.31. The minimum atomic E-state index is -3.50. The molecule has 2 aromatic rings. The van der Waals surface area contributed by atoms with Crippen LogP contribution in [0.4, 0.5) is 0 Å². The first kappa shape index (κ1) is 23.2. The molecular weight excluding hydrogens is 436 g/mol. The number of rotatable bonds is 8. The van der Waals surface area contributed by atoms with Crippen LogP contribution in [0, 0.1) is 0 Å². The van der Waals surface area contributed by atoms with Gasteiger partial charge in [-0.05, 0) is 48.1 Å². The van der Waals surface area contributed by atoms with Gasteiger partial charge in [-0.2, -0.15) is 4.31 Å². The second-order valence-electron chi connectivity index (χ2n) is 7.18. The molecule has 1 N–H and O–H groups in total. The van der Waals surface area contributed by atoms with Gasteiger partial charge in [0.2, 0.25) is 10.0 Å². The van der Waals surface area contributed by atoms with Crippen LogP contribution in [-0.4, -0.2) is 44.3 Å². The smallest absolute Gasteiger partial charge is 0.331 e. The molecule has 0 bridgehead atoms. The number of benzene rings is 1. The van der Waals surface area contributed by atoms with Gasteiger partial charge < -0.3 is 10.1 Å². The molecule has 1 aromatic heterocycles. The van der Waals surface area contributed by atoms with Crippen molar-refractivity contribution in [3.05, 3.63) is 58.3 Å². The number of nitrogens with one attached hydrogen (secondary N) is 1. The summed E-state index contributed by atoms with van der Waals surface area (Å²) in [7, 11) is -3.50. The molecule has 9 heteroatoms. The van der Waals surface area contributed by atoms with E-state index < -0.39 is 16.0 Å². The topological polar surface area (TPSA) is 92.8 Å². The molecule has 0 atom stereocenters. The maximum atomic E-state index is 12.8. The van der Waals surface area contributed by atoms with Crippen LogP contribution < -0.4 is 5.32 Å². The van der Waals surface area contributed by atoms with Crippen LogP contribution in [0.1, 0.15) is 36.1 Å². The van der Waals surface area contributed by atoms with Gasteiger partial charge in [0.25, 0.3) is 5.91 Å². The Morgan fingerprint density at radius 1 is 1.06 bits per heavy atom. The van der Waals surface area contributed by atoms with Crippen LogP contribution in [0.25, 0.3) is 6.08 Å². The molecule has 0 radical (unpaired) electrons. The molecule has 1 saturated heterocycles. The summed E-state index contributed by atoms with van der Waals surface area (Å²) in [5.74, 6) is -1.02. The molecule has 2 heterocycles. The first-order valence-corrected chi connectivity index (χ1v) is 12.5. The summed E-state index contributed by atoms with van der Waals surface area (Å²) in [6.07, 6.45) is 6.62. The zero-order valence-electron chi connectivity index (χ0n) is 17.2. The Labute approximate surface area is 186 Å². The summed E-state index contributed by atoms with van der Waals surface area (Å²) in [5.41, 5.74) is 0.661. The maximum absolute atomic E-state index is 12.8. The van der Waals surface area contributed by atoms with Crippen LogP contribution in [-0.2, 0) is 30.9 Å². The van der Waals surface area contributed by atoms with E-state index >= 15 is 0 Å². The highest BCUT2D eigenvalue weighted by molar-refractivity contribution is 7.89. The Morgan fingerprint density at radius 3 is 2.42 bits per heavy atom. The van der Waals surface area contributed by atoms with Gasteiger partial charge in [-0.25, -0.2) is 13.2 Å². The molecule has 0 aliphatic carbocycles. The number of carbonyl (C=O) groups is 2. The highest BCUT2D eigenvalue weighted by Gasteiger charge is 2.24. The SMILES string of the molecule is O=C(COC(=O)C=Cc1ccc(S(=O)(=O)N2CCCCCC2)cc1)NCc1cccs1. The molecule has 1 aliphatic heterocycles. The lowest BCUT2D eigenvalue weighted by atomic mass is 10.2. The Hall–Kier alpha value is -2.49. The third-order valence-corrected chi connectivity index (χ3v) is 7.67. The van der Waals surface area contributed by atoms with E-state index in [-0.39, 0.29) is 17.4 Å². The quantitative estimate of drug-likeness (QED) is 0.480. The number of amides is 1. The van der Waals surface area contributed by atoms with Gasteiger partial charge in [-0.1, -0.05) is 31.0 Å². The predicted molar refractivity (Wildman–Crippen MR) is 120 cm³/mol. The largest absolute Gasteiger partial charge is 0.452 e. The van der Waals surface area contributed by atoms with E-state index in [0.717, 1.165) is 30.6 Å². The number of hydrogen-bond donors (Lipinski definition) is 1. The molecule has 0 spiro atoms. The number of ether oxygens (including phenoxy) is 1. The van der Waals surface area contributed by atoms with Gasteiger partial charge in [0.1, 0.15) is 0 Å². The van der Waals surface area contributed by atoms with Crippen molar-refractivity contribution in [1.29, 1.82) is 0 Å². The van der Waals surface area contributed by atoms with E-state index in [1.165, 1.54) is 23.5 Å². The number of sulfonamides is 1. The molecule has 1 amide bonds. The van der Waals surface area contributed by atoms with Crippen molar-refractivity contribution in [1.82, 2.24) is 9.62 Å². The highest BCUT2D eigenvalue weighted by Crippen LogP contribution is 2.21. The summed E-state index contributed by atoms with van der Waals surface area (Å²) in [6, 6.07) is 10.2. The molecule has 31 heavy (non-hydrogen) atoms. The maximum Gasteiger partial charge on any atom is 0.331 e. The van der Waals surface area contributed by atoms with Crippen LogP contribution in [0.5, 0.6) is 0 Å². The van der Waals surface area contributed by atoms with Crippen molar-refractivity contribution < 1.29 is 22.7 Å². The number of nitrogens with zero attached hydrogens (tertiary/aromatic N) is 1. The summed E-state index contributed by atoms with van der Waals surface area (Å²) in [5, 5.41) is 4.59. The molecule has 1 aliphatic rings. The molecule has 1 fully saturated rings. The van der Waals surface area contributed by atoms with Crippen LogP contribution in [0.2, 0.25) is 0 Å². The highest BCUT2D eigenvalue weighted by atomic mass is 32.2.